The highest BCUT2D eigenvalue weighted by Gasteiger charge is 2.53. The van der Waals surface area contributed by atoms with Crippen molar-refractivity contribution >= 4 is 12.1 Å². The normalized spacial score (nSPS) is 23.9. The third kappa shape index (κ3) is 3.38. The Morgan fingerprint density at radius 1 is 1.08 bits per heavy atom. The van der Waals surface area contributed by atoms with Gasteiger partial charge in [-0.1, -0.05) is 18.2 Å². The fraction of sp³-hybridized carbons (Fsp3) is 0.556. The van der Waals surface area contributed by atoms with E-state index in [-0.39, 0.29) is 17.6 Å². The van der Waals surface area contributed by atoms with Crippen LogP contribution in [0.5, 0.6) is 0 Å². The Bertz CT molecular complexity index is 626. The molecule has 0 bridgehead atoms. The summed E-state index contributed by atoms with van der Waals surface area (Å²) in [6.07, 6.45) is 1.41. The van der Waals surface area contributed by atoms with Crippen LogP contribution in [0.2, 0.25) is 0 Å². The average Bonchev–Trinajstić information content (AvgIpc) is 2.91. The molecular formula is C18H24N2O4. The van der Waals surface area contributed by atoms with Crippen molar-refractivity contribution < 1.29 is 19.2 Å². The van der Waals surface area contributed by atoms with E-state index in [2.05, 4.69) is 0 Å². The number of rotatable bonds is 2. The van der Waals surface area contributed by atoms with Gasteiger partial charge < -0.3 is 14.5 Å². The van der Waals surface area contributed by atoms with Gasteiger partial charge in [0.05, 0.1) is 17.6 Å². The van der Waals surface area contributed by atoms with E-state index in [4.69, 9.17) is 9.57 Å². The van der Waals surface area contributed by atoms with Gasteiger partial charge in [0.25, 0.3) is 0 Å². The first-order chi connectivity index (χ1) is 11.3. The van der Waals surface area contributed by atoms with Gasteiger partial charge >= 0.3 is 12.1 Å². The number of carbonyl (C=O) groups is 2. The summed E-state index contributed by atoms with van der Waals surface area (Å²) >= 11 is 0. The SMILES string of the molecule is CC(C)(C)OC(=O)N1CC[C@@]12CCN(OC(=O)c1ccccc1)C2. The summed E-state index contributed by atoms with van der Waals surface area (Å²) in [4.78, 5) is 31.7. The van der Waals surface area contributed by atoms with Gasteiger partial charge in [-0.3, -0.25) is 0 Å². The summed E-state index contributed by atoms with van der Waals surface area (Å²) in [5, 5.41) is 1.66. The number of nitrogens with zero attached hydrogens (tertiary/aromatic N) is 2. The smallest absolute Gasteiger partial charge is 0.410 e. The number of ether oxygens (including phenoxy) is 1. The van der Waals surface area contributed by atoms with Gasteiger partial charge in [0.2, 0.25) is 0 Å². The van der Waals surface area contributed by atoms with E-state index in [0.717, 1.165) is 12.8 Å². The lowest BCUT2D eigenvalue weighted by molar-refractivity contribution is -0.111. The molecule has 0 radical (unpaired) electrons. The fourth-order valence-electron chi connectivity index (χ4n) is 3.21. The maximum atomic E-state index is 12.3. The Morgan fingerprint density at radius 2 is 1.75 bits per heavy atom. The van der Waals surface area contributed by atoms with Crippen LogP contribution in [0.1, 0.15) is 44.0 Å². The van der Waals surface area contributed by atoms with Crippen molar-refractivity contribution in [2.24, 2.45) is 0 Å². The number of amides is 1. The quantitative estimate of drug-likeness (QED) is 0.833. The first-order valence-electron chi connectivity index (χ1n) is 8.32. The minimum atomic E-state index is -0.508. The lowest BCUT2D eigenvalue weighted by atomic mass is 9.84. The zero-order valence-electron chi connectivity index (χ0n) is 14.4. The van der Waals surface area contributed by atoms with Crippen LogP contribution >= 0.6 is 0 Å². The molecule has 1 aromatic carbocycles. The van der Waals surface area contributed by atoms with E-state index in [1.54, 1.807) is 34.2 Å². The number of hydrogen-bond donors (Lipinski definition) is 0. The van der Waals surface area contributed by atoms with Crippen LogP contribution in [0, 0.1) is 0 Å². The first-order valence-corrected chi connectivity index (χ1v) is 8.32. The van der Waals surface area contributed by atoms with Crippen LogP contribution in [-0.2, 0) is 9.57 Å². The number of benzene rings is 1. The topological polar surface area (TPSA) is 59.1 Å². The second-order valence-corrected chi connectivity index (χ2v) is 7.46. The summed E-state index contributed by atoms with van der Waals surface area (Å²) in [5.74, 6) is -0.365. The Kier molecular flexibility index (Phi) is 4.25. The van der Waals surface area contributed by atoms with Gasteiger partial charge in [-0.25, -0.2) is 9.59 Å². The molecule has 24 heavy (non-hydrogen) atoms. The standard InChI is InChI=1S/C18H24N2O4/c1-17(2,3)23-16(22)20-12-10-18(20)9-11-19(13-18)24-15(21)14-7-5-4-6-8-14/h4-8H,9-13H2,1-3H3/t18-/m1/s1. The molecule has 130 valence electrons. The largest absolute Gasteiger partial charge is 0.444 e. The van der Waals surface area contributed by atoms with Crippen molar-refractivity contribution in [3.8, 4) is 0 Å². The summed E-state index contributed by atoms with van der Waals surface area (Å²) in [6.45, 7) is 7.43. The molecule has 1 atom stereocenters. The fourth-order valence-corrected chi connectivity index (χ4v) is 3.21. The Balaban J connectivity index is 1.59. The molecule has 3 rings (SSSR count). The van der Waals surface area contributed by atoms with E-state index >= 15 is 0 Å². The van der Waals surface area contributed by atoms with Crippen LogP contribution in [0.3, 0.4) is 0 Å². The summed E-state index contributed by atoms with van der Waals surface area (Å²) in [7, 11) is 0. The van der Waals surface area contributed by atoms with E-state index < -0.39 is 5.60 Å². The molecule has 1 spiro atoms. The number of hydrogen-bond acceptors (Lipinski definition) is 5. The zero-order chi connectivity index (χ0) is 17.4. The van der Waals surface area contributed by atoms with Crippen molar-refractivity contribution in [3.05, 3.63) is 35.9 Å². The molecular weight excluding hydrogens is 308 g/mol. The number of likely N-dealkylation sites (tertiary alicyclic amines) is 1. The minimum Gasteiger partial charge on any atom is -0.444 e. The molecule has 0 unspecified atom stereocenters. The second-order valence-electron chi connectivity index (χ2n) is 7.46. The van der Waals surface area contributed by atoms with Gasteiger partial charge in [0.1, 0.15) is 5.60 Å². The highest BCUT2D eigenvalue weighted by molar-refractivity contribution is 5.89. The van der Waals surface area contributed by atoms with Crippen LogP contribution in [0.25, 0.3) is 0 Å². The Morgan fingerprint density at radius 3 is 2.33 bits per heavy atom. The number of carbonyl (C=O) groups excluding carboxylic acids is 2. The van der Waals surface area contributed by atoms with E-state index in [9.17, 15) is 9.59 Å². The molecule has 1 aromatic rings. The van der Waals surface area contributed by atoms with Gasteiger partial charge in [0.15, 0.2) is 0 Å². The molecule has 0 aromatic heterocycles. The maximum Gasteiger partial charge on any atom is 0.410 e. The zero-order valence-corrected chi connectivity index (χ0v) is 14.4. The Labute approximate surface area is 142 Å². The lowest BCUT2D eigenvalue weighted by Crippen LogP contribution is -2.64. The summed E-state index contributed by atoms with van der Waals surface area (Å²) in [6, 6.07) is 8.92. The molecule has 1 amide bonds. The molecule has 2 aliphatic rings. The summed E-state index contributed by atoms with van der Waals surface area (Å²) < 4.78 is 5.47. The van der Waals surface area contributed by atoms with Crippen molar-refractivity contribution in [2.45, 2.75) is 44.8 Å². The highest BCUT2D eigenvalue weighted by atomic mass is 16.7. The third-order valence-electron chi connectivity index (χ3n) is 4.51. The molecule has 6 nitrogen and oxygen atoms in total. The molecule has 0 saturated carbocycles. The molecule has 2 saturated heterocycles. The van der Waals surface area contributed by atoms with Crippen molar-refractivity contribution in [1.82, 2.24) is 9.96 Å². The van der Waals surface area contributed by atoms with Gasteiger partial charge in [-0.15, -0.1) is 5.06 Å². The van der Waals surface area contributed by atoms with Gasteiger partial charge in [0, 0.05) is 13.1 Å². The second kappa shape index (κ2) is 6.09. The summed E-state index contributed by atoms with van der Waals surface area (Å²) in [5.41, 5.74) is -0.248. The van der Waals surface area contributed by atoms with Crippen molar-refractivity contribution in [2.75, 3.05) is 19.6 Å². The van der Waals surface area contributed by atoms with E-state index in [1.165, 1.54) is 0 Å². The molecule has 2 fully saturated rings. The molecule has 2 aliphatic heterocycles. The van der Waals surface area contributed by atoms with Crippen LogP contribution in [0.4, 0.5) is 4.79 Å². The highest BCUT2D eigenvalue weighted by Crippen LogP contribution is 2.40. The molecule has 0 N–H and O–H groups in total. The van der Waals surface area contributed by atoms with E-state index in [0.29, 0.717) is 25.2 Å². The van der Waals surface area contributed by atoms with Gasteiger partial charge in [-0.2, -0.15) is 0 Å². The van der Waals surface area contributed by atoms with Crippen LogP contribution in [-0.4, -0.2) is 52.8 Å². The third-order valence-corrected chi connectivity index (χ3v) is 4.51. The maximum absolute atomic E-state index is 12.3. The minimum absolute atomic E-state index is 0.265. The van der Waals surface area contributed by atoms with E-state index in [1.807, 2.05) is 26.8 Å². The van der Waals surface area contributed by atoms with Crippen molar-refractivity contribution in [3.63, 3.8) is 0 Å². The lowest BCUT2D eigenvalue weighted by Gasteiger charge is -2.50. The molecule has 6 heteroatoms. The first kappa shape index (κ1) is 16.8. The van der Waals surface area contributed by atoms with Crippen LogP contribution in [0.15, 0.2) is 30.3 Å². The van der Waals surface area contributed by atoms with Crippen LogP contribution < -0.4 is 0 Å². The Hall–Kier alpha value is -2.08. The predicted molar refractivity (Wildman–Crippen MR) is 88.3 cm³/mol. The average molecular weight is 332 g/mol. The van der Waals surface area contributed by atoms with Crippen molar-refractivity contribution in [1.29, 1.82) is 0 Å². The monoisotopic (exact) mass is 332 g/mol. The van der Waals surface area contributed by atoms with Gasteiger partial charge in [-0.05, 0) is 45.7 Å². The predicted octanol–water partition coefficient (Wildman–Crippen LogP) is 2.84. The molecule has 2 heterocycles. The molecule has 0 aliphatic carbocycles. The number of hydroxylamine groups is 2.